The van der Waals surface area contributed by atoms with Gasteiger partial charge in [-0.15, -0.1) is 13.2 Å². The van der Waals surface area contributed by atoms with Gasteiger partial charge in [0.1, 0.15) is 17.3 Å². The number of carboxylic acids is 1. The van der Waals surface area contributed by atoms with Gasteiger partial charge in [-0.2, -0.15) is 0 Å². The van der Waals surface area contributed by atoms with E-state index in [4.69, 9.17) is 5.11 Å². The van der Waals surface area contributed by atoms with Crippen LogP contribution < -0.4 is 10.1 Å². The van der Waals surface area contributed by atoms with Gasteiger partial charge in [-0.3, -0.25) is 9.36 Å². The number of carboxylic acid groups (broad SMARTS) is 1. The van der Waals surface area contributed by atoms with Crippen molar-refractivity contribution in [2.75, 3.05) is 0 Å². The van der Waals surface area contributed by atoms with Gasteiger partial charge in [-0.25, -0.2) is 9.78 Å². The number of hydrogen-bond acceptors (Lipinski definition) is 4. The van der Waals surface area contributed by atoms with Crippen LogP contribution >= 0.6 is 0 Å². The molecule has 2 aromatic carbocycles. The van der Waals surface area contributed by atoms with Crippen molar-refractivity contribution in [2.24, 2.45) is 0 Å². The summed E-state index contributed by atoms with van der Waals surface area (Å²) < 4.78 is 42.7. The molecule has 0 aliphatic heterocycles. The largest absolute Gasteiger partial charge is 0.573 e. The Balaban J connectivity index is 1.85. The smallest absolute Gasteiger partial charge is 0.478 e. The Morgan fingerprint density at radius 3 is 2.19 bits per heavy atom. The minimum absolute atomic E-state index is 0.134. The molecule has 3 aromatic rings. The maximum absolute atomic E-state index is 13.0. The number of hydrogen-bond donors (Lipinski definition) is 2. The number of aromatic nitrogens is 2. The van der Waals surface area contributed by atoms with E-state index in [1.807, 2.05) is 0 Å². The lowest BCUT2D eigenvalue weighted by atomic mass is 10.1. The van der Waals surface area contributed by atoms with Crippen LogP contribution in [0.25, 0.3) is 5.69 Å². The van der Waals surface area contributed by atoms with Crippen LogP contribution in [0.5, 0.6) is 5.75 Å². The third-order valence-electron chi connectivity index (χ3n) is 4.77. The van der Waals surface area contributed by atoms with E-state index in [2.05, 4.69) is 15.0 Å². The number of carbonyl (C=O) groups excluding carboxylic acids is 1. The summed E-state index contributed by atoms with van der Waals surface area (Å²) in [6, 6.07) is 10.8. The lowest BCUT2D eigenvalue weighted by molar-refractivity contribution is -0.274. The van der Waals surface area contributed by atoms with Crippen LogP contribution in [-0.2, 0) is 0 Å². The van der Waals surface area contributed by atoms with Crippen LogP contribution in [0, 0.1) is 13.8 Å². The lowest BCUT2D eigenvalue weighted by Crippen LogP contribution is -2.29. The van der Waals surface area contributed by atoms with Crippen molar-refractivity contribution in [3.8, 4) is 11.4 Å². The van der Waals surface area contributed by atoms with Crippen molar-refractivity contribution in [1.82, 2.24) is 14.9 Å². The van der Waals surface area contributed by atoms with E-state index < -0.39 is 24.3 Å². The van der Waals surface area contributed by atoms with E-state index in [1.54, 1.807) is 37.5 Å². The highest BCUT2D eigenvalue weighted by Gasteiger charge is 2.31. The number of aromatic carboxylic acids is 1. The molecule has 168 valence electrons. The number of aryl methyl sites for hydroxylation is 2. The van der Waals surface area contributed by atoms with Gasteiger partial charge < -0.3 is 15.2 Å². The quantitative estimate of drug-likeness (QED) is 0.577. The molecule has 0 radical (unpaired) electrons. The fourth-order valence-corrected chi connectivity index (χ4v) is 3.31. The molecule has 2 N–H and O–H groups in total. The van der Waals surface area contributed by atoms with E-state index in [0.29, 0.717) is 22.8 Å². The number of amides is 1. The first-order valence-corrected chi connectivity index (χ1v) is 9.52. The predicted molar refractivity (Wildman–Crippen MR) is 109 cm³/mol. The van der Waals surface area contributed by atoms with Crippen LogP contribution in [0.4, 0.5) is 13.2 Å². The Hall–Kier alpha value is -3.82. The molecule has 7 nitrogen and oxygen atoms in total. The number of imidazole rings is 1. The first kappa shape index (κ1) is 22.9. The van der Waals surface area contributed by atoms with Gasteiger partial charge in [0.05, 0.1) is 17.3 Å². The molecule has 0 fully saturated rings. The van der Waals surface area contributed by atoms with Gasteiger partial charge in [-0.1, -0.05) is 12.1 Å². The van der Waals surface area contributed by atoms with Crippen LogP contribution in [-0.4, -0.2) is 32.9 Å². The number of ether oxygens (including phenoxy) is 1. The van der Waals surface area contributed by atoms with Gasteiger partial charge in [0.15, 0.2) is 0 Å². The highest BCUT2D eigenvalue weighted by molar-refractivity contribution is 5.94. The standard InChI is InChI=1S/C22H20F3N3O4/c1-12(15-4-6-16(7-5-15)21(30)31)27-20(29)19-13(2)26-14(3)28(19)17-8-10-18(11-9-17)32-22(23,24)25/h4-12H,1-3H3,(H,27,29)(H,30,31). The van der Waals surface area contributed by atoms with E-state index >= 15 is 0 Å². The molecule has 0 spiro atoms. The second kappa shape index (κ2) is 8.74. The van der Waals surface area contributed by atoms with Crippen molar-refractivity contribution in [1.29, 1.82) is 0 Å². The van der Waals surface area contributed by atoms with Crippen LogP contribution in [0.3, 0.4) is 0 Å². The van der Waals surface area contributed by atoms with Gasteiger partial charge in [0.2, 0.25) is 0 Å². The Morgan fingerprint density at radius 2 is 1.66 bits per heavy atom. The topological polar surface area (TPSA) is 93.5 Å². The molecule has 32 heavy (non-hydrogen) atoms. The predicted octanol–water partition coefficient (Wildman–Crippen LogP) is 4.58. The summed E-state index contributed by atoms with van der Waals surface area (Å²) in [7, 11) is 0. The summed E-state index contributed by atoms with van der Waals surface area (Å²) in [6.45, 7) is 5.09. The molecule has 1 atom stereocenters. The van der Waals surface area contributed by atoms with Crippen molar-refractivity contribution in [3.05, 3.63) is 76.9 Å². The molecule has 1 heterocycles. The molecule has 1 aromatic heterocycles. The SMILES string of the molecule is Cc1nc(C)n(-c2ccc(OC(F)(F)F)cc2)c1C(=O)NC(C)c1ccc(C(=O)O)cc1. The van der Waals surface area contributed by atoms with Crippen molar-refractivity contribution >= 4 is 11.9 Å². The van der Waals surface area contributed by atoms with Crippen molar-refractivity contribution < 1.29 is 32.6 Å². The molecular weight excluding hydrogens is 427 g/mol. The minimum Gasteiger partial charge on any atom is -0.478 e. The van der Waals surface area contributed by atoms with Crippen LogP contribution in [0.15, 0.2) is 48.5 Å². The summed E-state index contributed by atoms with van der Waals surface area (Å²) in [5.41, 5.74) is 1.97. The molecule has 1 amide bonds. The van der Waals surface area contributed by atoms with E-state index in [-0.39, 0.29) is 17.0 Å². The van der Waals surface area contributed by atoms with Gasteiger partial charge >= 0.3 is 12.3 Å². The Bertz CT molecular complexity index is 1140. The van der Waals surface area contributed by atoms with Crippen LogP contribution in [0.2, 0.25) is 0 Å². The summed E-state index contributed by atoms with van der Waals surface area (Å²) in [4.78, 5) is 28.4. The molecular formula is C22H20F3N3O4. The Labute approximate surface area is 181 Å². The molecule has 10 heteroatoms. The number of nitrogens with one attached hydrogen (secondary N) is 1. The van der Waals surface area contributed by atoms with E-state index in [9.17, 15) is 22.8 Å². The van der Waals surface area contributed by atoms with E-state index in [1.165, 1.54) is 24.3 Å². The lowest BCUT2D eigenvalue weighted by Gasteiger charge is -2.17. The summed E-state index contributed by atoms with van der Waals surface area (Å²) in [5.74, 6) is -1.38. The molecule has 0 bridgehead atoms. The van der Waals surface area contributed by atoms with Gasteiger partial charge in [0, 0.05) is 5.69 Å². The van der Waals surface area contributed by atoms with Crippen molar-refractivity contribution in [2.45, 2.75) is 33.2 Å². The zero-order chi connectivity index (χ0) is 23.6. The average molecular weight is 447 g/mol. The van der Waals surface area contributed by atoms with Gasteiger partial charge in [-0.05, 0) is 62.7 Å². The van der Waals surface area contributed by atoms with Crippen molar-refractivity contribution in [3.63, 3.8) is 0 Å². The minimum atomic E-state index is -4.80. The number of alkyl halides is 3. The number of rotatable bonds is 6. The highest BCUT2D eigenvalue weighted by Crippen LogP contribution is 2.26. The molecule has 0 aliphatic rings. The number of nitrogens with zero attached hydrogens (tertiary/aromatic N) is 2. The second-order valence-corrected chi connectivity index (χ2v) is 7.09. The zero-order valence-corrected chi connectivity index (χ0v) is 17.4. The molecule has 0 aliphatic carbocycles. The fraction of sp³-hybridized carbons (Fsp3) is 0.227. The normalized spacial score (nSPS) is 12.3. The molecule has 0 saturated heterocycles. The number of benzene rings is 2. The van der Waals surface area contributed by atoms with Gasteiger partial charge in [0.25, 0.3) is 5.91 Å². The highest BCUT2D eigenvalue weighted by atomic mass is 19.4. The summed E-state index contributed by atoms with van der Waals surface area (Å²) in [5, 5.41) is 11.9. The molecule has 0 saturated carbocycles. The third-order valence-corrected chi connectivity index (χ3v) is 4.77. The molecule has 1 unspecified atom stereocenters. The summed E-state index contributed by atoms with van der Waals surface area (Å²) in [6.07, 6.45) is -4.80. The number of carbonyl (C=O) groups is 2. The number of halogens is 3. The Kier molecular flexibility index (Phi) is 6.24. The fourth-order valence-electron chi connectivity index (χ4n) is 3.31. The average Bonchev–Trinajstić information content (AvgIpc) is 3.01. The third kappa shape index (κ3) is 5.08. The second-order valence-electron chi connectivity index (χ2n) is 7.09. The first-order chi connectivity index (χ1) is 15.0. The zero-order valence-electron chi connectivity index (χ0n) is 17.4. The molecule has 3 rings (SSSR count). The van der Waals surface area contributed by atoms with Crippen LogP contribution in [0.1, 0.15) is 50.9 Å². The summed E-state index contributed by atoms with van der Waals surface area (Å²) >= 11 is 0. The maximum atomic E-state index is 13.0. The monoisotopic (exact) mass is 447 g/mol. The Morgan fingerprint density at radius 1 is 1.06 bits per heavy atom. The maximum Gasteiger partial charge on any atom is 0.573 e. The van der Waals surface area contributed by atoms with E-state index in [0.717, 1.165) is 12.1 Å². The first-order valence-electron chi connectivity index (χ1n) is 9.52.